The Morgan fingerprint density at radius 2 is 2.00 bits per heavy atom. The van der Waals surface area contributed by atoms with Gasteiger partial charge in [-0.1, -0.05) is 23.8 Å². The summed E-state index contributed by atoms with van der Waals surface area (Å²) in [7, 11) is 0. The maximum absolute atomic E-state index is 10.8. The number of benzene rings is 1. The lowest BCUT2D eigenvalue weighted by Crippen LogP contribution is -2.28. The van der Waals surface area contributed by atoms with E-state index in [0.717, 1.165) is 16.7 Å². The molecule has 0 spiro atoms. The van der Waals surface area contributed by atoms with Crippen molar-refractivity contribution >= 4 is 5.91 Å². The van der Waals surface area contributed by atoms with Crippen molar-refractivity contribution in [3.05, 3.63) is 34.9 Å². The minimum Gasteiger partial charge on any atom is -0.368 e. The van der Waals surface area contributed by atoms with Crippen molar-refractivity contribution < 1.29 is 4.79 Å². The number of nitrogens with two attached hydrogens (primary N) is 2. The smallest absolute Gasteiger partial charge is 0.238 e. The minimum atomic E-state index is -0.694. The number of primary amides is 1. The van der Waals surface area contributed by atoms with Gasteiger partial charge in [0, 0.05) is 0 Å². The van der Waals surface area contributed by atoms with Gasteiger partial charge in [0.25, 0.3) is 0 Å². The summed E-state index contributed by atoms with van der Waals surface area (Å²) in [6, 6.07) is 5.06. The van der Waals surface area contributed by atoms with Crippen molar-refractivity contribution in [2.45, 2.75) is 19.9 Å². The SMILES string of the molecule is Cc1ccc(C(N)C(N)=O)c(C)c1. The van der Waals surface area contributed by atoms with Crippen molar-refractivity contribution in [3.8, 4) is 0 Å². The molecule has 1 unspecified atom stereocenters. The van der Waals surface area contributed by atoms with Crippen LogP contribution in [0, 0.1) is 13.8 Å². The largest absolute Gasteiger partial charge is 0.368 e. The summed E-state index contributed by atoms with van der Waals surface area (Å²) in [5, 5.41) is 0. The Hall–Kier alpha value is -1.35. The molecular weight excluding hydrogens is 164 g/mol. The fourth-order valence-corrected chi connectivity index (χ4v) is 1.33. The van der Waals surface area contributed by atoms with Gasteiger partial charge in [-0.25, -0.2) is 0 Å². The molecule has 0 bridgehead atoms. The Morgan fingerprint density at radius 1 is 1.38 bits per heavy atom. The van der Waals surface area contributed by atoms with Crippen LogP contribution in [0.3, 0.4) is 0 Å². The van der Waals surface area contributed by atoms with Crippen molar-refractivity contribution in [2.24, 2.45) is 11.5 Å². The van der Waals surface area contributed by atoms with Crippen LogP contribution in [0.4, 0.5) is 0 Å². The highest BCUT2D eigenvalue weighted by Gasteiger charge is 2.13. The van der Waals surface area contributed by atoms with Crippen molar-refractivity contribution in [3.63, 3.8) is 0 Å². The van der Waals surface area contributed by atoms with E-state index in [-0.39, 0.29) is 0 Å². The fraction of sp³-hybridized carbons (Fsp3) is 0.300. The highest BCUT2D eigenvalue weighted by atomic mass is 16.1. The average molecular weight is 178 g/mol. The van der Waals surface area contributed by atoms with E-state index in [1.165, 1.54) is 0 Å². The number of amides is 1. The summed E-state index contributed by atoms with van der Waals surface area (Å²) >= 11 is 0. The molecule has 1 rings (SSSR count). The molecule has 1 aromatic carbocycles. The van der Waals surface area contributed by atoms with E-state index in [1.807, 2.05) is 32.0 Å². The van der Waals surface area contributed by atoms with Crippen molar-refractivity contribution in [2.75, 3.05) is 0 Å². The third-order valence-corrected chi connectivity index (χ3v) is 2.07. The topological polar surface area (TPSA) is 69.1 Å². The van der Waals surface area contributed by atoms with Crippen LogP contribution in [0.2, 0.25) is 0 Å². The third kappa shape index (κ3) is 2.06. The van der Waals surface area contributed by atoms with Gasteiger partial charge < -0.3 is 11.5 Å². The predicted octanol–water partition coefficient (Wildman–Crippen LogP) is 0.789. The molecule has 13 heavy (non-hydrogen) atoms. The van der Waals surface area contributed by atoms with Crippen LogP contribution >= 0.6 is 0 Å². The zero-order valence-electron chi connectivity index (χ0n) is 7.87. The number of carbonyl (C=O) groups is 1. The maximum atomic E-state index is 10.8. The molecule has 0 aliphatic rings. The lowest BCUT2D eigenvalue weighted by atomic mass is 9.99. The van der Waals surface area contributed by atoms with Crippen molar-refractivity contribution in [1.29, 1.82) is 0 Å². The standard InChI is InChI=1S/C10H14N2O/c1-6-3-4-8(7(2)5-6)9(11)10(12)13/h3-5,9H,11H2,1-2H3,(H2,12,13). The summed E-state index contributed by atoms with van der Waals surface area (Å²) in [6.45, 7) is 3.91. The second kappa shape index (κ2) is 3.58. The number of rotatable bonds is 2. The van der Waals surface area contributed by atoms with Gasteiger partial charge in [0.2, 0.25) is 5.91 Å². The maximum Gasteiger partial charge on any atom is 0.238 e. The normalized spacial score (nSPS) is 12.5. The van der Waals surface area contributed by atoms with E-state index in [4.69, 9.17) is 11.5 Å². The Bertz CT molecular complexity index is 334. The molecule has 4 N–H and O–H groups in total. The number of hydrogen-bond donors (Lipinski definition) is 2. The van der Waals surface area contributed by atoms with Gasteiger partial charge in [-0.05, 0) is 25.0 Å². The molecule has 0 fully saturated rings. The van der Waals surface area contributed by atoms with Gasteiger partial charge in [-0.2, -0.15) is 0 Å². The van der Waals surface area contributed by atoms with Crippen LogP contribution in [0.25, 0.3) is 0 Å². The molecule has 1 amide bonds. The Balaban J connectivity index is 3.08. The third-order valence-electron chi connectivity index (χ3n) is 2.07. The molecular formula is C10H14N2O. The first-order chi connectivity index (χ1) is 6.02. The van der Waals surface area contributed by atoms with Crippen LogP contribution in [-0.4, -0.2) is 5.91 Å². The van der Waals surface area contributed by atoms with Gasteiger partial charge in [0.15, 0.2) is 0 Å². The minimum absolute atomic E-state index is 0.494. The van der Waals surface area contributed by atoms with Gasteiger partial charge in [-0.15, -0.1) is 0 Å². The summed E-state index contributed by atoms with van der Waals surface area (Å²) in [5.74, 6) is -0.494. The highest BCUT2D eigenvalue weighted by molar-refractivity contribution is 5.81. The first-order valence-corrected chi connectivity index (χ1v) is 4.14. The molecule has 0 radical (unpaired) electrons. The van der Waals surface area contributed by atoms with E-state index in [2.05, 4.69) is 0 Å². The quantitative estimate of drug-likeness (QED) is 0.703. The molecule has 1 aromatic rings. The number of aryl methyl sites for hydroxylation is 2. The summed E-state index contributed by atoms with van der Waals surface area (Å²) in [5.41, 5.74) is 13.7. The highest BCUT2D eigenvalue weighted by Crippen LogP contribution is 2.16. The molecule has 0 aliphatic carbocycles. The van der Waals surface area contributed by atoms with Gasteiger partial charge in [0.1, 0.15) is 6.04 Å². The molecule has 70 valence electrons. The molecule has 3 nitrogen and oxygen atoms in total. The first kappa shape index (κ1) is 9.74. The van der Waals surface area contributed by atoms with E-state index < -0.39 is 11.9 Å². The first-order valence-electron chi connectivity index (χ1n) is 4.14. The van der Waals surface area contributed by atoms with E-state index >= 15 is 0 Å². The lowest BCUT2D eigenvalue weighted by Gasteiger charge is -2.11. The molecule has 0 aliphatic heterocycles. The van der Waals surface area contributed by atoms with Crippen LogP contribution in [0.5, 0.6) is 0 Å². The molecule has 3 heteroatoms. The summed E-state index contributed by atoms with van der Waals surface area (Å²) in [4.78, 5) is 10.8. The number of hydrogen-bond acceptors (Lipinski definition) is 2. The monoisotopic (exact) mass is 178 g/mol. The summed E-state index contributed by atoms with van der Waals surface area (Å²) in [6.07, 6.45) is 0. The second-order valence-electron chi connectivity index (χ2n) is 3.24. The van der Waals surface area contributed by atoms with E-state index in [1.54, 1.807) is 0 Å². The van der Waals surface area contributed by atoms with Gasteiger partial charge >= 0.3 is 0 Å². The average Bonchev–Trinajstić information content (AvgIpc) is 2.03. The lowest BCUT2D eigenvalue weighted by molar-refractivity contribution is -0.119. The van der Waals surface area contributed by atoms with Gasteiger partial charge in [0.05, 0.1) is 0 Å². The van der Waals surface area contributed by atoms with Gasteiger partial charge in [-0.3, -0.25) is 4.79 Å². The molecule has 1 atom stereocenters. The van der Waals surface area contributed by atoms with Crippen molar-refractivity contribution in [1.82, 2.24) is 0 Å². The zero-order valence-corrected chi connectivity index (χ0v) is 7.87. The predicted molar refractivity (Wildman–Crippen MR) is 52.0 cm³/mol. The Morgan fingerprint density at radius 3 is 2.46 bits per heavy atom. The van der Waals surface area contributed by atoms with Crippen LogP contribution in [0.15, 0.2) is 18.2 Å². The fourth-order valence-electron chi connectivity index (χ4n) is 1.33. The molecule has 0 heterocycles. The molecule has 0 saturated heterocycles. The Kier molecular flexibility index (Phi) is 2.68. The molecule has 0 aromatic heterocycles. The zero-order chi connectivity index (χ0) is 10.0. The van der Waals surface area contributed by atoms with Crippen LogP contribution in [-0.2, 0) is 4.79 Å². The Labute approximate surface area is 77.7 Å². The second-order valence-corrected chi connectivity index (χ2v) is 3.24. The van der Waals surface area contributed by atoms with Crippen LogP contribution in [0.1, 0.15) is 22.7 Å². The van der Waals surface area contributed by atoms with E-state index in [9.17, 15) is 4.79 Å². The van der Waals surface area contributed by atoms with E-state index in [0.29, 0.717) is 0 Å². The number of carbonyl (C=O) groups excluding carboxylic acids is 1. The van der Waals surface area contributed by atoms with Crippen LogP contribution < -0.4 is 11.5 Å². The summed E-state index contributed by atoms with van der Waals surface area (Å²) < 4.78 is 0. The molecule has 0 saturated carbocycles.